The van der Waals surface area contributed by atoms with Crippen LogP contribution in [0, 0.1) is 0 Å². The summed E-state index contributed by atoms with van der Waals surface area (Å²) in [6, 6.07) is 0.117. The van der Waals surface area contributed by atoms with Crippen LogP contribution < -0.4 is 5.73 Å². The van der Waals surface area contributed by atoms with Gasteiger partial charge in [-0.2, -0.15) is 0 Å². The second kappa shape index (κ2) is 3.44. The molecule has 2 rings (SSSR count). The molecule has 2 aliphatic rings. The number of nitrogens with zero attached hydrogens (tertiary/aromatic N) is 1. The van der Waals surface area contributed by atoms with E-state index in [0.29, 0.717) is 13.1 Å². The molecule has 3 unspecified atom stereocenters. The normalized spacial score (nSPS) is 37.6. The van der Waals surface area contributed by atoms with E-state index in [1.807, 2.05) is 4.90 Å². The molecule has 82 valence electrons. The van der Waals surface area contributed by atoms with E-state index in [0.717, 1.165) is 6.42 Å². The number of aliphatic hydroxyl groups is 1. The van der Waals surface area contributed by atoms with E-state index >= 15 is 0 Å². The molecular weight excluding hydrogens is 204 g/mol. The zero-order valence-corrected chi connectivity index (χ0v) is 8.78. The van der Waals surface area contributed by atoms with Crippen LogP contribution in [0.4, 0.5) is 0 Å². The van der Waals surface area contributed by atoms with E-state index in [1.165, 1.54) is 0 Å². The van der Waals surface area contributed by atoms with Gasteiger partial charge in [0, 0.05) is 25.7 Å². The van der Waals surface area contributed by atoms with Crippen molar-refractivity contribution in [2.45, 2.75) is 23.8 Å². The topological polar surface area (TPSA) is 83.6 Å². The van der Waals surface area contributed by atoms with Crippen molar-refractivity contribution in [1.29, 1.82) is 0 Å². The van der Waals surface area contributed by atoms with Gasteiger partial charge in [-0.15, -0.1) is 0 Å². The van der Waals surface area contributed by atoms with Crippen molar-refractivity contribution in [1.82, 2.24) is 4.90 Å². The Kier molecular flexibility index (Phi) is 2.55. The molecule has 0 spiro atoms. The minimum Gasteiger partial charge on any atom is -0.390 e. The van der Waals surface area contributed by atoms with Gasteiger partial charge in [0.25, 0.3) is 0 Å². The number of fused-ring (bicyclic) bond motifs is 2. The van der Waals surface area contributed by atoms with Gasteiger partial charge in [0.05, 0.1) is 17.1 Å². The molecule has 2 saturated heterocycles. The van der Waals surface area contributed by atoms with Crippen LogP contribution in [0.2, 0.25) is 0 Å². The molecule has 2 bridgehead atoms. The summed E-state index contributed by atoms with van der Waals surface area (Å²) in [5.41, 5.74) is 5.31. The van der Waals surface area contributed by atoms with Crippen LogP contribution in [0.3, 0.4) is 0 Å². The lowest BCUT2D eigenvalue weighted by atomic mass is 10.2. The lowest BCUT2D eigenvalue weighted by Gasteiger charge is -2.28. The summed E-state index contributed by atoms with van der Waals surface area (Å²) in [6.07, 6.45) is 0.205. The lowest BCUT2D eigenvalue weighted by molar-refractivity contribution is 0.115. The summed E-state index contributed by atoms with van der Waals surface area (Å²) in [5, 5.41) is 9.16. The molecule has 0 aromatic heterocycles. The molecule has 0 amide bonds. The molecule has 0 radical (unpaired) electrons. The van der Waals surface area contributed by atoms with Crippen LogP contribution in [-0.2, 0) is 9.84 Å². The second-order valence-corrected chi connectivity index (χ2v) is 6.51. The van der Waals surface area contributed by atoms with Crippen LogP contribution in [0.5, 0.6) is 0 Å². The predicted octanol–water partition coefficient (Wildman–Crippen LogP) is -1.82. The summed E-state index contributed by atoms with van der Waals surface area (Å²) in [6.45, 7) is 1.32. The number of hydrogen-bond acceptors (Lipinski definition) is 5. The Balaban J connectivity index is 1.97. The first kappa shape index (κ1) is 10.4. The molecule has 0 aliphatic carbocycles. The van der Waals surface area contributed by atoms with Crippen molar-refractivity contribution in [3.05, 3.63) is 0 Å². The molecule has 0 aromatic rings. The molecular formula is C8H16N2O3S. The van der Waals surface area contributed by atoms with E-state index in [9.17, 15) is 13.5 Å². The standard InChI is InChI=1S/C8H16N2O3S/c9-2-7(11)3-10-4-8-1-6(10)5-14(8,12)13/h6-8,11H,1-5,9H2. The van der Waals surface area contributed by atoms with Crippen LogP contribution in [0.15, 0.2) is 0 Å². The number of rotatable bonds is 3. The van der Waals surface area contributed by atoms with E-state index in [4.69, 9.17) is 5.73 Å². The van der Waals surface area contributed by atoms with Crippen molar-refractivity contribution < 1.29 is 13.5 Å². The fourth-order valence-corrected chi connectivity index (χ4v) is 4.43. The molecule has 2 fully saturated rings. The number of β-amino-alcohol motifs (C(OH)–C–C–N with tert-alkyl or cyclic N) is 1. The number of nitrogens with two attached hydrogens (primary N) is 1. The van der Waals surface area contributed by atoms with Crippen LogP contribution >= 0.6 is 0 Å². The van der Waals surface area contributed by atoms with Crippen LogP contribution in [0.1, 0.15) is 6.42 Å². The van der Waals surface area contributed by atoms with Gasteiger partial charge in [-0.05, 0) is 6.42 Å². The minimum absolute atomic E-state index is 0.117. The van der Waals surface area contributed by atoms with Gasteiger partial charge < -0.3 is 10.8 Å². The number of aliphatic hydroxyl groups excluding tert-OH is 1. The third-order valence-electron chi connectivity index (χ3n) is 3.14. The Bertz CT molecular complexity index is 317. The summed E-state index contributed by atoms with van der Waals surface area (Å²) in [4.78, 5) is 2.04. The zero-order chi connectivity index (χ0) is 10.3. The van der Waals surface area contributed by atoms with Crippen molar-refractivity contribution in [2.75, 3.05) is 25.4 Å². The molecule has 2 heterocycles. The monoisotopic (exact) mass is 220 g/mol. The molecule has 0 aromatic carbocycles. The average molecular weight is 220 g/mol. The lowest BCUT2D eigenvalue weighted by Crippen LogP contribution is -2.45. The average Bonchev–Trinajstić information content (AvgIpc) is 2.59. The van der Waals surface area contributed by atoms with E-state index in [1.54, 1.807) is 0 Å². The first-order valence-electron chi connectivity index (χ1n) is 4.86. The van der Waals surface area contributed by atoms with Crippen molar-refractivity contribution in [2.24, 2.45) is 5.73 Å². The zero-order valence-electron chi connectivity index (χ0n) is 7.96. The Morgan fingerprint density at radius 2 is 2.29 bits per heavy atom. The molecule has 2 aliphatic heterocycles. The van der Waals surface area contributed by atoms with Crippen molar-refractivity contribution in [3.8, 4) is 0 Å². The van der Waals surface area contributed by atoms with Crippen molar-refractivity contribution >= 4 is 9.84 Å². The highest BCUT2D eigenvalue weighted by atomic mass is 32.2. The van der Waals surface area contributed by atoms with Crippen LogP contribution in [-0.4, -0.2) is 61.2 Å². The molecule has 3 N–H and O–H groups in total. The molecule has 3 atom stereocenters. The predicted molar refractivity (Wildman–Crippen MR) is 52.6 cm³/mol. The number of likely N-dealkylation sites (tertiary alicyclic amines) is 1. The Labute approximate surface area is 83.8 Å². The minimum atomic E-state index is -2.82. The maximum Gasteiger partial charge on any atom is 0.156 e. The third-order valence-corrected chi connectivity index (χ3v) is 5.35. The highest BCUT2D eigenvalue weighted by molar-refractivity contribution is 7.92. The summed E-state index contributed by atoms with van der Waals surface area (Å²) in [5.74, 6) is 0.259. The maximum atomic E-state index is 11.4. The van der Waals surface area contributed by atoms with Gasteiger partial charge in [-0.1, -0.05) is 0 Å². The Morgan fingerprint density at radius 3 is 2.71 bits per heavy atom. The van der Waals surface area contributed by atoms with Gasteiger partial charge in [0.2, 0.25) is 0 Å². The SMILES string of the molecule is NCC(O)CN1CC2CC1CS2(=O)=O. The van der Waals surface area contributed by atoms with Crippen LogP contribution in [0.25, 0.3) is 0 Å². The first-order chi connectivity index (χ1) is 6.53. The fourth-order valence-electron chi connectivity index (χ4n) is 2.34. The van der Waals surface area contributed by atoms with Gasteiger partial charge in [0.15, 0.2) is 9.84 Å². The molecule has 6 heteroatoms. The number of hydrogen-bond donors (Lipinski definition) is 2. The smallest absolute Gasteiger partial charge is 0.156 e. The highest BCUT2D eigenvalue weighted by Crippen LogP contribution is 2.32. The molecule has 14 heavy (non-hydrogen) atoms. The van der Waals surface area contributed by atoms with Gasteiger partial charge in [-0.3, -0.25) is 4.90 Å². The Hall–Kier alpha value is -0.170. The largest absolute Gasteiger partial charge is 0.390 e. The van der Waals surface area contributed by atoms with E-state index in [-0.39, 0.29) is 23.6 Å². The second-order valence-electron chi connectivity index (χ2n) is 4.18. The van der Waals surface area contributed by atoms with E-state index < -0.39 is 15.9 Å². The van der Waals surface area contributed by atoms with E-state index in [2.05, 4.69) is 0 Å². The molecule has 0 saturated carbocycles. The Morgan fingerprint density at radius 1 is 1.57 bits per heavy atom. The summed E-state index contributed by atoms with van der Waals surface area (Å²) < 4.78 is 22.8. The first-order valence-corrected chi connectivity index (χ1v) is 6.58. The van der Waals surface area contributed by atoms with Crippen molar-refractivity contribution in [3.63, 3.8) is 0 Å². The third kappa shape index (κ3) is 1.67. The quantitative estimate of drug-likeness (QED) is 0.585. The highest BCUT2D eigenvalue weighted by Gasteiger charge is 2.48. The summed E-state index contributed by atoms with van der Waals surface area (Å²) >= 11 is 0. The molecule has 5 nitrogen and oxygen atoms in total. The summed E-state index contributed by atoms with van der Waals surface area (Å²) in [7, 11) is -2.82. The maximum absolute atomic E-state index is 11.4. The number of sulfone groups is 1. The fraction of sp³-hybridized carbons (Fsp3) is 1.00. The van der Waals surface area contributed by atoms with Gasteiger partial charge in [0.1, 0.15) is 0 Å². The van der Waals surface area contributed by atoms with Gasteiger partial charge in [-0.25, -0.2) is 8.42 Å². The van der Waals surface area contributed by atoms with Gasteiger partial charge >= 0.3 is 0 Å².